The quantitative estimate of drug-likeness (QED) is 0.770. The van der Waals surface area contributed by atoms with Crippen LogP contribution in [0.25, 0.3) is 0 Å². The molecule has 0 fully saturated rings. The molecule has 0 atom stereocenters. The van der Waals surface area contributed by atoms with E-state index in [4.69, 9.17) is 14.3 Å². The number of hydrogen-bond acceptors (Lipinski definition) is 4. The van der Waals surface area contributed by atoms with Gasteiger partial charge in [0.2, 0.25) is 0 Å². The fourth-order valence-corrected chi connectivity index (χ4v) is 1.62. The van der Waals surface area contributed by atoms with Gasteiger partial charge in [0, 0.05) is 6.42 Å². The van der Waals surface area contributed by atoms with E-state index in [2.05, 4.69) is 0 Å². The van der Waals surface area contributed by atoms with Crippen LogP contribution < -0.4 is 10.4 Å². The number of carboxylic acid groups (broad SMARTS) is 1. The molecule has 0 amide bonds. The number of carbonyl (C=O) groups is 1. The van der Waals surface area contributed by atoms with Crippen molar-refractivity contribution in [2.45, 2.75) is 32.6 Å². The normalized spacial score (nSPS) is 10.2. The van der Waals surface area contributed by atoms with Crippen LogP contribution in [0.1, 0.15) is 42.3 Å². The summed E-state index contributed by atoms with van der Waals surface area (Å²) in [5.41, 5.74) is -0.637. The Labute approximate surface area is 99.0 Å². The van der Waals surface area contributed by atoms with E-state index < -0.39 is 11.6 Å². The molecule has 1 N–H and O–H groups in total. The van der Waals surface area contributed by atoms with E-state index in [0.29, 0.717) is 6.42 Å². The highest BCUT2D eigenvalue weighted by Crippen LogP contribution is 2.21. The minimum absolute atomic E-state index is 0.0526. The number of carboxylic acids is 1. The fourth-order valence-electron chi connectivity index (χ4n) is 1.62. The Morgan fingerprint density at radius 1 is 1.47 bits per heavy atom. The number of unbranched alkanes of at least 4 members (excludes halogenated alkanes) is 2. The molecule has 1 aromatic rings. The molecule has 1 aromatic heterocycles. The molecular weight excluding hydrogens is 224 g/mol. The van der Waals surface area contributed by atoms with Gasteiger partial charge < -0.3 is 14.3 Å². The minimum atomic E-state index is -1.14. The van der Waals surface area contributed by atoms with Gasteiger partial charge in [-0.2, -0.15) is 0 Å². The molecule has 0 aromatic carbocycles. The molecule has 1 rings (SSSR count). The number of aromatic carboxylic acids is 1. The zero-order valence-electron chi connectivity index (χ0n) is 9.99. The second-order valence-corrected chi connectivity index (χ2v) is 3.69. The summed E-state index contributed by atoms with van der Waals surface area (Å²) in [6.07, 6.45) is 3.19. The van der Waals surface area contributed by atoms with Crippen LogP contribution in [0.4, 0.5) is 0 Å². The lowest BCUT2D eigenvalue weighted by molar-refractivity contribution is 0.0687. The molecule has 17 heavy (non-hydrogen) atoms. The third-order valence-corrected chi connectivity index (χ3v) is 2.44. The van der Waals surface area contributed by atoms with Gasteiger partial charge in [-0.15, -0.1) is 0 Å². The SMILES string of the molecule is CCCCCc1oc(=O)cc(OC)c1C(=O)O. The Balaban J connectivity index is 3.12. The molecule has 94 valence electrons. The Morgan fingerprint density at radius 3 is 2.71 bits per heavy atom. The number of aryl methyl sites for hydroxylation is 1. The molecule has 0 saturated heterocycles. The van der Waals surface area contributed by atoms with Crippen molar-refractivity contribution in [3.63, 3.8) is 0 Å². The molecule has 0 radical (unpaired) electrons. The average Bonchev–Trinajstić information content (AvgIpc) is 2.28. The average molecular weight is 240 g/mol. The Morgan fingerprint density at radius 2 is 2.18 bits per heavy atom. The van der Waals surface area contributed by atoms with Crippen molar-refractivity contribution in [2.24, 2.45) is 0 Å². The molecule has 5 nitrogen and oxygen atoms in total. The van der Waals surface area contributed by atoms with E-state index in [1.807, 2.05) is 6.92 Å². The predicted octanol–water partition coefficient (Wildman–Crippen LogP) is 2.08. The van der Waals surface area contributed by atoms with Crippen LogP contribution in [-0.2, 0) is 6.42 Å². The Kier molecular flexibility index (Phi) is 4.75. The number of rotatable bonds is 6. The highest BCUT2D eigenvalue weighted by Gasteiger charge is 2.19. The first-order chi connectivity index (χ1) is 8.10. The number of methoxy groups -OCH3 is 1. The summed E-state index contributed by atoms with van der Waals surface area (Å²) < 4.78 is 9.84. The lowest BCUT2D eigenvalue weighted by atomic mass is 10.1. The lowest BCUT2D eigenvalue weighted by Crippen LogP contribution is -2.11. The van der Waals surface area contributed by atoms with Crippen LogP contribution >= 0.6 is 0 Å². The van der Waals surface area contributed by atoms with Crippen LogP contribution in [0.3, 0.4) is 0 Å². The first-order valence-corrected chi connectivity index (χ1v) is 5.54. The number of ether oxygens (including phenoxy) is 1. The van der Waals surface area contributed by atoms with Crippen LogP contribution in [0.5, 0.6) is 5.75 Å². The second-order valence-electron chi connectivity index (χ2n) is 3.69. The molecule has 0 spiro atoms. The van der Waals surface area contributed by atoms with Crippen LogP contribution in [0.2, 0.25) is 0 Å². The van der Waals surface area contributed by atoms with E-state index in [0.717, 1.165) is 25.3 Å². The molecule has 0 aliphatic carbocycles. The number of hydrogen-bond donors (Lipinski definition) is 1. The zero-order chi connectivity index (χ0) is 12.8. The standard InChI is InChI=1S/C12H16O5/c1-3-4-5-6-8-11(12(14)15)9(16-2)7-10(13)17-8/h7H,3-6H2,1-2H3,(H,14,15). The van der Waals surface area contributed by atoms with E-state index in [1.54, 1.807) is 0 Å². The van der Waals surface area contributed by atoms with Crippen LogP contribution in [0, 0.1) is 0 Å². The van der Waals surface area contributed by atoms with Crippen molar-refractivity contribution >= 4 is 5.97 Å². The summed E-state index contributed by atoms with van der Waals surface area (Å²) in [5.74, 6) is -0.896. The van der Waals surface area contributed by atoms with Gasteiger partial charge in [-0.25, -0.2) is 9.59 Å². The molecule has 0 saturated carbocycles. The predicted molar refractivity (Wildman–Crippen MR) is 61.7 cm³/mol. The molecule has 1 heterocycles. The zero-order valence-corrected chi connectivity index (χ0v) is 9.99. The molecule has 0 unspecified atom stereocenters. The van der Waals surface area contributed by atoms with E-state index in [9.17, 15) is 9.59 Å². The maximum Gasteiger partial charge on any atom is 0.342 e. The topological polar surface area (TPSA) is 76.7 Å². The molecular formula is C12H16O5. The van der Waals surface area contributed by atoms with Crippen LogP contribution in [-0.4, -0.2) is 18.2 Å². The highest BCUT2D eigenvalue weighted by molar-refractivity contribution is 5.91. The molecule has 0 aliphatic heterocycles. The second kappa shape index (κ2) is 6.08. The summed E-state index contributed by atoms with van der Waals surface area (Å²) >= 11 is 0. The first kappa shape index (κ1) is 13.3. The van der Waals surface area contributed by atoms with Crippen molar-refractivity contribution in [3.05, 3.63) is 27.8 Å². The van der Waals surface area contributed by atoms with Crippen molar-refractivity contribution in [1.82, 2.24) is 0 Å². The Bertz CT molecular complexity index is 447. The maximum absolute atomic E-state index is 11.2. The summed E-state index contributed by atoms with van der Waals surface area (Å²) in [7, 11) is 1.33. The smallest absolute Gasteiger partial charge is 0.342 e. The van der Waals surface area contributed by atoms with Gasteiger partial charge in [0.25, 0.3) is 0 Å². The third kappa shape index (κ3) is 3.34. The summed E-state index contributed by atoms with van der Waals surface area (Å²) in [5, 5.41) is 9.08. The molecule has 0 bridgehead atoms. The van der Waals surface area contributed by atoms with Gasteiger partial charge in [-0.1, -0.05) is 19.8 Å². The van der Waals surface area contributed by atoms with E-state index in [1.165, 1.54) is 7.11 Å². The third-order valence-electron chi connectivity index (χ3n) is 2.44. The summed E-state index contributed by atoms with van der Waals surface area (Å²) in [6, 6.07) is 1.05. The maximum atomic E-state index is 11.2. The van der Waals surface area contributed by atoms with Crippen molar-refractivity contribution < 1.29 is 19.1 Å². The van der Waals surface area contributed by atoms with Gasteiger partial charge in [0.15, 0.2) is 0 Å². The van der Waals surface area contributed by atoms with Gasteiger partial charge in [0.05, 0.1) is 13.2 Å². The van der Waals surface area contributed by atoms with E-state index in [-0.39, 0.29) is 17.1 Å². The fraction of sp³-hybridized carbons (Fsp3) is 0.500. The highest BCUT2D eigenvalue weighted by atomic mass is 16.5. The monoisotopic (exact) mass is 240 g/mol. The first-order valence-electron chi connectivity index (χ1n) is 5.54. The van der Waals surface area contributed by atoms with Gasteiger partial charge in [-0.3, -0.25) is 0 Å². The minimum Gasteiger partial charge on any atom is -0.495 e. The van der Waals surface area contributed by atoms with Gasteiger partial charge in [-0.05, 0) is 6.42 Å². The van der Waals surface area contributed by atoms with Crippen molar-refractivity contribution in [1.29, 1.82) is 0 Å². The summed E-state index contributed by atoms with van der Waals surface area (Å²) in [4.78, 5) is 22.3. The Hall–Kier alpha value is -1.78. The van der Waals surface area contributed by atoms with Gasteiger partial charge in [0.1, 0.15) is 17.1 Å². The van der Waals surface area contributed by atoms with E-state index >= 15 is 0 Å². The summed E-state index contributed by atoms with van der Waals surface area (Å²) in [6.45, 7) is 2.04. The largest absolute Gasteiger partial charge is 0.495 e. The van der Waals surface area contributed by atoms with Gasteiger partial charge >= 0.3 is 11.6 Å². The molecule has 5 heteroatoms. The van der Waals surface area contributed by atoms with Crippen LogP contribution in [0.15, 0.2) is 15.3 Å². The van der Waals surface area contributed by atoms with Crippen molar-refractivity contribution in [2.75, 3.05) is 7.11 Å². The molecule has 0 aliphatic rings. The lowest BCUT2D eigenvalue weighted by Gasteiger charge is -2.08. The van der Waals surface area contributed by atoms with Crippen molar-refractivity contribution in [3.8, 4) is 5.75 Å².